The summed E-state index contributed by atoms with van der Waals surface area (Å²) >= 11 is 0. The van der Waals surface area contributed by atoms with E-state index in [2.05, 4.69) is 0 Å². The molecule has 2 unspecified atom stereocenters. The Morgan fingerprint density at radius 2 is 1.86 bits per heavy atom. The first kappa shape index (κ1) is 11.2. The quantitative estimate of drug-likeness (QED) is 0.654. The maximum absolute atomic E-state index is 11.4. The first-order valence-electron chi connectivity index (χ1n) is 4.08. The van der Waals surface area contributed by atoms with Crippen LogP contribution < -0.4 is 0 Å². The average Bonchev–Trinajstić information content (AvgIpc) is 2.02. The highest BCUT2D eigenvalue weighted by molar-refractivity contribution is 7.58. The summed E-state index contributed by atoms with van der Waals surface area (Å²) in [5.41, 5.74) is 0.0633. The van der Waals surface area contributed by atoms with Gasteiger partial charge >= 0.3 is 0 Å². The van der Waals surface area contributed by atoms with Gasteiger partial charge in [0.25, 0.3) is 0 Å². The largest absolute Gasteiger partial charge is 0.508 e. The fraction of sp³-hybridized carbons (Fsp3) is 0.333. The third-order valence-corrected chi connectivity index (χ3v) is 4.08. The Kier molecular flexibility index (Phi) is 2.72. The Balaban J connectivity index is 3.31. The van der Waals surface area contributed by atoms with E-state index in [0.29, 0.717) is 0 Å². The van der Waals surface area contributed by atoms with E-state index in [4.69, 9.17) is 0 Å². The lowest BCUT2D eigenvalue weighted by Gasteiger charge is -2.27. The lowest BCUT2D eigenvalue weighted by atomic mass is 10.1. The fourth-order valence-electron chi connectivity index (χ4n) is 1.10. The normalized spacial score (nSPS) is 19.7. The van der Waals surface area contributed by atoms with Crippen molar-refractivity contribution >= 4 is 7.37 Å². The van der Waals surface area contributed by atoms with Crippen LogP contribution in [0.1, 0.15) is 12.5 Å². The van der Waals surface area contributed by atoms with Crippen LogP contribution >= 0.6 is 7.37 Å². The summed E-state index contributed by atoms with van der Waals surface area (Å²) in [6.07, 6.45) is 0. The molecule has 0 saturated carbocycles. The average molecular weight is 216 g/mol. The number of phenols is 1. The molecule has 4 nitrogen and oxygen atoms in total. The molecule has 0 heterocycles. The molecule has 78 valence electrons. The summed E-state index contributed by atoms with van der Waals surface area (Å²) in [6, 6.07) is 5.94. The van der Waals surface area contributed by atoms with Crippen LogP contribution in [0.3, 0.4) is 0 Å². The van der Waals surface area contributed by atoms with Crippen molar-refractivity contribution in [2.45, 2.75) is 12.3 Å². The van der Waals surface area contributed by atoms with Gasteiger partial charge < -0.3 is 15.1 Å². The summed E-state index contributed by atoms with van der Waals surface area (Å²) < 4.78 is 11.4. The molecule has 0 fully saturated rings. The first-order chi connectivity index (χ1) is 6.27. The summed E-state index contributed by atoms with van der Waals surface area (Å²) in [6.45, 7) is 2.27. The first-order valence-corrected chi connectivity index (χ1v) is 6.18. The number of aliphatic hydroxyl groups is 1. The zero-order valence-electron chi connectivity index (χ0n) is 8.01. The molecule has 0 spiro atoms. The van der Waals surface area contributed by atoms with Crippen molar-refractivity contribution in [2.75, 3.05) is 6.66 Å². The molecule has 14 heavy (non-hydrogen) atoms. The predicted molar refractivity (Wildman–Crippen MR) is 53.4 cm³/mol. The van der Waals surface area contributed by atoms with Gasteiger partial charge in [0.15, 0.2) is 5.34 Å². The molecule has 0 amide bonds. The number of aromatic hydroxyl groups is 1. The molecule has 0 aliphatic rings. The van der Waals surface area contributed by atoms with Gasteiger partial charge in [-0.15, -0.1) is 0 Å². The minimum Gasteiger partial charge on any atom is -0.508 e. The van der Waals surface area contributed by atoms with Crippen LogP contribution in [-0.2, 0) is 9.91 Å². The van der Waals surface area contributed by atoms with Crippen molar-refractivity contribution in [1.82, 2.24) is 0 Å². The van der Waals surface area contributed by atoms with Crippen LogP contribution in [0, 0.1) is 0 Å². The molecular weight excluding hydrogens is 203 g/mol. The van der Waals surface area contributed by atoms with Crippen LogP contribution in [0.2, 0.25) is 0 Å². The highest BCUT2D eigenvalue weighted by Crippen LogP contribution is 2.56. The Morgan fingerprint density at radius 1 is 1.36 bits per heavy atom. The van der Waals surface area contributed by atoms with Crippen molar-refractivity contribution in [2.24, 2.45) is 0 Å². The van der Waals surface area contributed by atoms with E-state index in [1.807, 2.05) is 0 Å². The van der Waals surface area contributed by atoms with Gasteiger partial charge in [-0.25, -0.2) is 0 Å². The number of rotatable bonds is 2. The molecule has 2 atom stereocenters. The molecule has 0 aliphatic heterocycles. The molecular formula is C9H13O4P. The van der Waals surface area contributed by atoms with E-state index in [9.17, 15) is 19.7 Å². The molecule has 0 aliphatic carbocycles. The summed E-state index contributed by atoms with van der Waals surface area (Å²) in [7, 11) is -3.72. The van der Waals surface area contributed by atoms with Gasteiger partial charge in [0, 0.05) is 12.2 Å². The zero-order valence-corrected chi connectivity index (χ0v) is 8.90. The molecule has 0 aromatic heterocycles. The maximum Gasteiger partial charge on any atom is 0.232 e. The van der Waals surface area contributed by atoms with E-state index < -0.39 is 12.7 Å². The minimum atomic E-state index is -3.72. The Morgan fingerprint density at radius 3 is 2.29 bits per heavy atom. The number of phenolic OH excluding ortho intramolecular Hbond substituents is 1. The number of para-hydroxylation sites is 1. The second-order valence-corrected chi connectivity index (χ2v) is 6.05. The van der Waals surface area contributed by atoms with Gasteiger partial charge in [-0.3, -0.25) is 4.57 Å². The molecule has 1 aromatic rings. The van der Waals surface area contributed by atoms with Crippen LogP contribution in [-0.4, -0.2) is 21.8 Å². The summed E-state index contributed by atoms with van der Waals surface area (Å²) in [5, 5.41) is 17.3. The standard InChI is InChI=1S/C9H13O4P/c1-9(11,14(2,12)13)7-5-3-4-6-8(7)10/h3-6,10-11H,1-2H3,(H,12,13). The number of hydrogen-bond acceptors (Lipinski definition) is 3. The van der Waals surface area contributed by atoms with Gasteiger partial charge in [-0.1, -0.05) is 18.2 Å². The second-order valence-electron chi connectivity index (χ2n) is 3.42. The van der Waals surface area contributed by atoms with Crippen LogP contribution in [0.15, 0.2) is 24.3 Å². The van der Waals surface area contributed by atoms with Gasteiger partial charge in [0.1, 0.15) is 5.75 Å². The Bertz CT molecular complexity index is 380. The fourth-order valence-corrected chi connectivity index (χ4v) is 1.73. The highest BCUT2D eigenvalue weighted by atomic mass is 31.2. The van der Waals surface area contributed by atoms with Gasteiger partial charge in [0.2, 0.25) is 7.37 Å². The van der Waals surface area contributed by atoms with E-state index in [1.54, 1.807) is 12.1 Å². The SMILES string of the molecule is CC(O)(c1ccccc1O)P(C)(=O)O. The molecule has 3 N–H and O–H groups in total. The summed E-state index contributed by atoms with van der Waals surface area (Å²) in [5.74, 6) is -0.186. The molecule has 1 aromatic carbocycles. The molecule has 5 heteroatoms. The lowest BCUT2D eigenvalue weighted by molar-refractivity contribution is 0.126. The van der Waals surface area contributed by atoms with Crippen molar-refractivity contribution in [3.63, 3.8) is 0 Å². The number of hydrogen-bond donors (Lipinski definition) is 3. The molecule has 0 radical (unpaired) electrons. The minimum absolute atomic E-state index is 0.0633. The number of benzene rings is 1. The van der Waals surface area contributed by atoms with E-state index in [-0.39, 0.29) is 11.3 Å². The van der Waals surface area contributed by atoms with E-state index in [0.717, 1.165) is 6.66 Å². The van der Waals surface area contributed by atoms with Gasteiger partial charge in [-0.2, -0.15) is 0 Å². The maximum atomic E-state index is 11.4. The van der Waals surface area contributed by atoms with Crippen LogP contribution in [0.25, 0.3) is 0 Å². The lowest BCUT2D eigenvalue weighted by Crippen LogP contribution is -2.20. The zero-order chi connectivity index (χ0) is 11.0. The Hall–Kier alpha value is -0.830. The monoisotopic (exact) mass is 216 g/mol. The second kappa shape index (κ2) is 3.39. The van der Waals surface area contributed by atoms with Gasteiger partial charge in [0.05, 0.1) is 0 Å². The third kappa shape index (κ3) is 1.82. The summed E-state index contributed by atoms with van der Waals surface area (Å²) in [4.78, 5) is 9.32. The molecule has 0 bridgehead atoms. The van der Waals surface area contributed by atoms with Gasteiger partial charge in [-0.05, 0) is 13.0 Å². The van der Waals surface area contributed by atoms with E-state index in [1.165, 1.54) is 19.1 Å². The Labute approximate surface area is 82.3 Å². The molecule has 1 rings (SSSR count). The van der Waals surface area contributed by atoms with E-state index >= 15 is 0 Å². The van der Waals surface area contributed by atoms with Crippen LogP contribution in [0.4, 0.5) is 0 Å². The third-order valence-electron chi connectivity index (χ3n) is 2.22. The van der Waals surface area contributed by atoms with Crippen molar-refractivity contribution in [3.8, 4) is 5.75 Å². The topological polar surface area (TPSA) is 77.8 Å². The molecule has 0 saturated heterocycles. The predicted octanol–water partition coefficient (Wildman–Crippen LogP) is 1.46. The van der Waals surface area contributed by atoms with Crippen LogP contribution in [0.5, 0.6) is 5.75 Å². The highest BCUT2D eigenvalue weighted by Gasteiger charge is 2.40. The van der Waals surface area contributed by atoms with Crippen molar-refractivity contribution in [3.05, 3.63) is 29.8 Å². The van der Waals surface area contributed by atoms with Crippen molar-refractivity contribution in [1.29, 1.82) is 0 Å². The van der Waals surface area contributed by atoms with Crippen molar-refractivity contribution < 1.29 is 19.7 Å². The smallest absolute Gasteiger partial charge is 0.232 e.